The number of ether oxygens (including phenoxy) is 2. The molecule has 35 heavy (non-hydrogen) atoms. The van der Waals surface area contributed by atoms with E-state index >= 15 is 0 Å². The maximum Gasteiger partial charge on any atom is 0.338 e. The number of methoxy groups -OCH3 is 1. The molecule has 2 atom stereocenters. The first-order valence-electron chi connectivity index (χ1n) is 11.4. The molecule has 10 nitrogen and oxygen atoms in total. The maximum atomic E-state index is 12.9. The van der Waals surface area contributed by atoms with Crippen molar-refractivity contribution in [2.24, 2.45) is 4.99 Å². The summed E-state index contributed by atoms with van der Waals surface area (Å²) in [5.74, 6) is 0.939. The third-order valence-electron chi connectivity index (χ3n) is 5.56. The number of thioether (sulfide) groups is 1. The number of cyclic esters (lactones) is 1. The van der Waals surface area contributed by atoms with Crippen molar-refractivity contribution >= 4 is 41.9 Å². The van der Waals surface area contributed by atoms with Crippen LogP contribution in [-0.4, -0.2) is 72.8 Å². The molecular weight excluding hydrogens is 496 g/mol. The molecule has 0 fully saturated rings. The standard InChI is InChI=1S/C23H34N4O6S.ClH/c1-13(2)24-23-26-21(33-27(23)4)16-12-34-11-15-17(28)10-18(31-5)14(3)20(15)22(30)32-9-7-6-8-19(29)25-16;/h10,13,16,23-24,28H,6-9,11-12H2,1-5H3,(H,25,29);1H/t16-,23?;/m0./s1. The summed E-state index contributed by atoms with van der Waals surface area (Å²) in [7, 11) is 3.27. The van der Waals surface area contributed by atoms with E-state index in [0.717, 1.165) is 0 Å². The molecule has 0 aromatic heterocycles. The van der Waals surface area contributed by atoms with E-state index in [2.05, 4.69) is 15.6 Å². The van der Waals surface area contributed by atoms with E-state index < -0.39 is 12.0 Å². The molecule has 1 aromatic carbocycles. The van der Waals surface area contributed by atoms with Crippen molar-refractivity contribution in [3.63, 3.8) is 0 Å². The molecule has 1 amide bonds. The Labute approximate surface area is 216 Å². The topological polar surface area (TPSA) is 122 Å². The van der Waals surface area contributed by atoms with E-state index in [-0.39, 0.29) is 43.0 Å². The summed E-state index contributed by atoms with van der Waals surface area (Å²) in [6.45, 7) is 6.00. The molecule has 0 saturated carbocycles. The van der Waals surface area contributed by atoms with Crippen LogP contribution >= 0.6 is 24.2 Å². The zero-order valence-electron chi connectivity index (χ0n) is 20.8. The Morgan fingerprint density at radius 1 is 1.34 bits per heavy atom. The van der Waals surface area contributed by atoms with Crippen LogP contribution in [0.5, 0.6) is 11.5 Å². The number of phenolic OH excluding ortho intramolecular Hbond substituents is 1. The van der Waals surface area contributed by atoms with Gasteiger partial charge in [0.1, 0.15) is 17.5 Å². The van der Waals surface area contributed by atoms with Crippen molar-refractivity contribution in [3.05, 3.63) is 22.8 Å². The van der Waals surface area contributed by atoms with Gasteiger partial charge in [0.05, 0.1) is 19.3 Å². The van der Waals surface area contributed by atoms with Gasteiger partial charge >= 0.3 is 5.97 Å². The molecule has 0 aliphatic carbocycles. The lowest BCUT2D eigenvalue weighted by Crippen LogP contribution is -2.44. The number of carbonyl (C=O) groups excluding carboxylic acids is 2. The van der Waals surface area contributed by atoms with Crippen LogP contribution in [0.25, 0.3) is 0 Å². The average Bonchev–Trinajstić information content (AvgIpc) is 3.13. The Kier molecular flexibility index (Phi) is 10.9. The Bertz CT molecular complexity index is 945. The number of esters is 1. The fourth-order valence-corrected chi connectivity index (χ4v) is 4.87. The van der Waals surface area contributed by atoms with Gasteiger partial charge in [0.25, 0.3) is 0 Å². The molecule has 1 aromatic rings. The molecule has 3 rings (SSSR count). The number of aromatic hydroxyl groups is 1. The van der Waals surface area contributed by atoms with E-state index in [4.69, 9.17) is 14.3 Å². The predicted octanol–water partition coefficient (Wildman–Crippen LogP) is 2.75. The molecule has 0 radical (unpaired) electrons. The minimum absolute atomic E-state index is 0. The highest BCUT2D eigenvalue weighted by molar-refractivity contribution is 7.98. The molecule has 0 bridgehead atoms. The second-order valence-corrected chi connectivity index (χ2v) is 9.63. The van der Waals surface area contributed by atoms with Crippen molar-refractivity contribution in [3.8, 4) is 11.5 Å². The fourth-order valence-electron chi connectivity index (χ4n) is 3.79. The molecule has 196 valence electrons. The van der Waals surface area contributed by atoms with Crippen molar-refractivity contribution in [2.75, 3.05) is 26.5 Å². The monoisotopic (exact) mass is 530 g/mol. The minimum atomic E-state index is -0.506. The van der Waals surface area contributed by atoms with E-state index in [9.17, 15) is 14.7 Å². The van der Waals surface area contributed by atoms with Crippen LogP contribution in [0.3, 0.4) is 0 Å². The zero-order chi connectivity index (χ0) is 24.8. The van der Waals surface area contributed by atoms with Crippen LogP contribution < -0.4 is 15.4 Å². The number of benzene rings is 1. The third kappa shape index (κ3) is 7.39. The number of carbonyl (C=O) groups is 2. The summed E-state index contributed by atoms with van der Waals surface area (Å²) in [5, 5.41) is 18.6. The van der Waals surface area contributed by atoms with Crippen molar-refractivity contribution in [1.29, 1.82) is 0 Å². The summed E-state index contributed by atoms with van der Waals surface area (Å²) in [5.41, 5.74) is 1.41. The lowest BCUT2D eigenvalue weighted by molar-refractivity contribution is -0.121. The minimum Gasteiger partial charge on any atom is -0.507 e. The summed E-state index contributed by atoms with van der Waals surface area (Å²) in [6, 6.07) is 1.25. The first kappa shape index (κ1) is 29.0. The smallest absolute Gasteiger partial charge is 0.338 e. The normalized spacial score (nSPS) is 22.2. The Hall–Kier alpha value is -2.21. The quantitative estimate of drug-likeness (QED) is 0.504. The lowest BCUT2D eigenvalue weighted by atomic mass is 10.0. The first-order chi connectivity index (χ1) is 16.2. The summed E-state index contributed by atoms with van der Waals surface area (Å²) in [6.07, 6.45) is 1.07. The number of nitrogens with one attached hydrogen (secondary N) is 2. The summed E-state index contributed by atoms with van der Waals surface area (Å²) >= 11 is 1.45. The number of hydrogen-bond donors (Lipinski definition) is 3. The van der Waals surface area contributed by atoms with Gasteiger partial charge in [-0.25, -0.2) is 9.79 Å². The van der Waals surface area contributed by atoms with E-state index in [1.807, 2.05) is 13.8 Å². The van der Waals surface area contributed by atoms with Gasteiger partial charge in [-0.3, -0.25) is 10.1 Å². The van der Waals surface area contributed by atoms with Gasteiger partial charge in [-0.2, -0.15) is 11.8 Å². The molecule has 2 aliphatic rings. The molecule has 2 aliphatic heterocycles. The maximum absolute atomic E-state index is 12.9. The molecule has 0 saturated heterocycles. The highest BCUT2D eigenvalue weighted by Crippen LogP contribution is 2.35. The van der Waals surface area contributed by atoms with E-state index in [1.165, 1.54) is 24.9 Å². The Morgan fingerprint density at radius 2 is 2.09 bits per heavy atom. The number of hydrogen-bond acceptors (Lipinski definition) is 10. The number of aliphatic imine (C=N–C) groups is 1. The summed E-state index contributed by atoms with van der Waals surface area (Å²) < 4.78 is 10.8. The first-order valence-corrected chi connectivity index (χ1v) is 12.5. The zero-order valence-corrected chi connectivity index (χ0v) is 22.4. The largest absolute Gasteiger partial charge is 0.507 e. The molecular formula is C23H35ClN4O6S. The third-order valence-corrected chi connectivity index (χ3v) is 6.62. The van der Waals surface area contributed by atoms with Crippen LogP contribution in [0.2, 0.25) is 0 Å². The molecule has 2 heterocycles. The number of halogens is 1. The average molecular weight is 531 g/mol. The molecule has 0 spiro atoms. The fraction of sp³-hybridized carbons (Fsp3) is 0.609. The number of hydroxylamine groups is 2. The van der Waals surface area contributed by atoms with Crippen molar-refractivity contribution < 1.29 is 29.0 Å². The summed E-state index contributed by atoms with van der Waals surface area (Å²) in [4.78, 5) is 35.9. The van der Waals surface area contributed by atoms with Crippen molar-refractivity contribution in [2.45, 2.75) is 64.2 Å². The second-order valence-electron chi connectivity index (χ2n) is 8.60. The predicted molar refractivity (Wildman–Crippen MR) is 137 cm³/mol. The van der Waals surface area contributed by atoms with Crippen LogP contribution in [0, 0.1) is 6.92 Å². The molecule has 3 N–H and O–H groups in total. The number of amides is 1. The van der Waals surface area contributed by atoms with Crippen LogP contribution in [0.4, 0.5) is 0 Å². The van der Waals surface area contributed by atoms with Crippen LogP contribution in [-0.2, 0) is 20.1 Å². The Balaban J connectivity index is 0.00000432. The SMILES string of the molecule is COc1cc(O)c2c(c1C)C(=O)OCCCCC(=O)N[C@H](C1=NC(NC(C)C)N(C)O1)CSC2.Cl. The number of phenols is 1. The van der Waals surface area contributed by atoms with E-state index in [1.54, 1.807) is 19.0 Å². The van der Waals surface area contributed by atoms with Gasteiger partial charge in [0, 0.05) is 48.2 Å². The van der Waals surface area contributed by atoms with Gasteiger partial charge in [0.15, 0.2) is 6.29 Å². The van der Waals surface area contributed by atoms with Gasteiger partial charge < -0.3 is 24.7 Å². The highest BCUT2D eigenvalue weighted by atomic mass is 35.5. The van der Waals surface area contributed by atoms with Crippen LogP contribution in [0.15, 0.2) is 11.1 Å². The number of fused-ring (bicyclic) bond motifs is 1. The van der Waals surface area contributed by atoms with Crippen molar-refractivity contribution in [1.82, 2.24) is 15.7 Å². The Morgan fingerprint density at radius 3 is 2.77 bits per heavy atom. The van der Waals surface area contributed by atoms with Crippen LogP contribution in [0.1, 0.15) is 54.6 Å². The molecule has 1 unspecified atom stereocenters. The van der Waals surface area contributed by atoms with Gasteiger partial charge in [-0.05, 0) is 33.6 Å². The second kappa shape index (κ2) is 13.2. The van der Waals surface area contributed by atoms with Gasteiger partial charge in [-0.15, -0.1) is 17.5 Å². The lowest BCUT2D eigenvalue weighted by Gasteiger charge is -2.21. The van der Waals surface area contributed by atoms with Gasteiger partial charge in [0.2, 0.25) is 11.8 Å². The van der Waals surface area contributed by atoms with Gasteiger partial charge in [-0.1, -0.05) is 0 Å². The molecule has 12 heteroatoms. The number of rotatable bonds is 4. The number of nitrogens with zero attached hydrogens (tertiary/aromatic N) is 2. The highest BCUT2D eigenvalue weighted by Gasteiger charge is 2.32. The van der Waals surface area contributed by atoms with E-state index in [0.29, 0.717) is 59.1 Å².